The number of hydrogen-bond acceptors (Lipinski definition) is 2. The zero-order chi connectivity index (χ0) is 10.7. The van der Waals surface area contributed by atoms with Gasteiger partial charge in [-0.25, -0.2) is 9.18 Å². The third kappa shape index (κ3) is 2.31. The van der Waals surface area contributed by atoms with E-state index in [-0.39, 0.29) is 11.7 Å². The normalized spacial score (nSPS) is 10.4. The SMILES string of the molecule is Cc1cccc(C(=O)OC(C)C)c1F. The Hall–Kier alpha value is -1.38. The molecule has 0 radical (unpaired) electrons. The largest absolute Gasteiger partial charge is 0.459 e. The number of carbonyl (C=O) groups excluding carboxylic acids is 1. The van der Waals surface area contributed by atoms with Crippen molar-refractivity contribution >= 4 is 5.97 Å². The van der Waals surface area contributed by atoms with Crippen molar-refractivity contribution in [2.24, 2.45) is 0 Å². The van der Waals surface area contributed by atoms with E-state index >= 15 is 0 Å². The molecule has 0 N–H and O–H groups in total. The molecule has 14 heavy (non-hydrogen) atoms. The highest BCUT2D eigenvalue weighted by atomic mass is 19.1. The van der Waals surface area contributed by atoms with Crippen molar-refractivity contribution in [2.75, 3.05) is 0 Å². The number of carbonyl (C=O) groups is 1. The van der Waals surface area contributed by atoms with E-state index in [9.17, 15) is 9.18 Å². The molecule has 0 heterocycles. The fourth-order valence-electron chi connectivity index (χ4n) is 1.08. The van der Waals surface area contributed by atoms with Crippen molar-refractivity contribution in [3.8, 4) is 0 Å². The van der Waals surface area contributed by atoms with Crippen LogP contribution in [0.15, 0.2) is 18.2 Å². The van der Waals surface area contributed by atoms with E-state index in [0.29, 0.717) is 5.56 Å². The van der Waals surface area contributed by atoms with Crippen LogP contribution >= 0.6 is 0 Å². The van der Waals surface area contributed by atoms with E-state index < -0.39 is 11.8 Å². The van der Waals surface area contributed by atoms with Crippen molar-refractivity contribution in [3.05, 3.63) is 35.1 Å². The van der Waals surface area contributed by atoms with Crippen LogP contribution in [0.3, 0.4) is 0 Å². The third-order valence-electron chi connectivity index (χ3n) is 1.75. The second-order valence-corrected chi connectivity index (χ2v) is 3.39. The summed E-state index contributed by atoms with van der Waals surface area (Å²) in [6, 6.07) is 4.67. The van der Waals surface area contributed by atoms with E-state index in [1.54, 1.807) is 32.9 Å². The highest BCUT2D eigenvalue weighted by Crippen LogP contribution is 2.13. The fourth-order valence-corrected chi connectivity index (χ4v) is 1.08. The average Bonchev–Trinajstić information content (AvgIpc) is 2.08. The summed E-state index contributed by atoms with van der Waals surface area (Å²) < 4.78 is 18.3. The summed E-state index contributed by atoms with van der Waals surface area (Å²) in [6.07, 6.45) is -0.234. The van der Waals surface area contributed by atoms with Crippen molar-refractivity contribution in [1.82, 2.24) is 0 Å². The zero-order valence-electron chi connectivity index (χ0n) is 8.50. The number of hydrogen-bond donors (Lipinski definition) is 0. The van der Waals surface area contributed by atoms with E-state index in [4.69, 9.17) is 4.74 Å². The molecule has 0 saturated heterocycles. The second kappa shape index (κ2) is 4.22. The minimum absolute atomic E-state index is 0.00120. The van der Waals surface area contributed by atoms with Crippen LogP contribution in [0.2, 0.25) is 0 Å². The highest BCUT2D eigenvalue weighted by Gasteiger charge is 2.15. The van der Waals surface area contributed by atoms with Crippen LogP contribution in [-0.4, -0.2) is 12.1 Å². The second-order valence-electron chi connectivity index (χ2n) is 3.39. The Bertz CT molecular complexity index is 345. The van der Waals surface area contributed by atoms with E-state index in [0.717, 1.165) is 0 Å². The van der Waals surface area contributed by atoms with Gasteiger partial charge in [0, 0.05) is 0 Å². The molecule has 0 saturated carbocycles. The Morgan fingerprint density at radius 2 is 2.07 bits per heavy atom. The first-order valence-corrected chi connectivity index (χ1v) is 4.48. The molecule has 0 aliphatic heterocycles. The van der Waals surface area contributed by atoms with Crippen LogP contribution in [0.5, 0.6) is 0 Å². The highest BCUT2D eigenvalue weighted by molar-refractivity contribution is 5.90. The first kappa shape index (κ1) is 10.7. The lowest BCUT2D eigenvalue weighted by Gasteiger charge is -2.09. The summed E-state index contributed by atoms with van der Waals surface area (Å²) in [5.41, 5.74) is 0.446. The Kier molecular flexibility index (Phi) is 3.23. The van der Waals surface area contributed by atoms with Gasteiger partial charge in [-0.05, 0) is 32.4 Å². The van der Waals surface area contributed by atoms with Crippen molar-refractivity contribution in [2.45, 2.75) is 26.9 Å². The van der Waals surface area contributed by atoms with Gasteiger partial charge in [0.25, 0.3) is 0 Å². The first-order chi connectivity index (χ1) is 6.52. The minimum atomic E-state index is -0.610. The zero-order valence-corrected chi connectivity index (χ0v) is 8.50. The van der Waals surface area contributed by atoms with E-state index in [1.807, 2.05) is 0 Å². The standard InChI is InChI=1S/C11H13FO2/c1-7(2)14-11(13)9-6-4-5-8(3)10(9)12/h4-7H,1-3H3. The maximum Gasteiger partial charge on any atom is 0.341 e. The number of rotatable bonds is 2. The van der Waals surface area contributed by atoms with Crippen LogP contribution in [0.25, 0.3) is 0 Å². The van der Waals surface area contributed by atoms with Crippen molar-refractivity contribution in [1.29, 1.82) is 0 Å². The van der Waals surface area contributed by atoms with Gasteiger partial charge < -0.3 is 4.74 Å². The van der Waals surface area contributed by atoms with Crippen LogP contribution in [0, 0.1) is 12.7 Å². The van der Waals surface area contributed by atoms with Gasteiger partial charge in [-0.3, -0.25) is 0 Å². The molecule has 3 heteroatoms. The lowest BCUT2D eigenvalue weighted by molar-refractivity contribution is 0.0372. The van der Waals surface area contributed by atoms with Crippen LogP contribution in [0.4, 0.5) is 4.39 Å². The molecule has 0 spiro atoms. The van der Waals surface area contributed by atoms with Crippen molar-refractivity contribution in [3.63, 3.8) is 0 Å². The quantitative estimate of drug-likeness (QED) is 0.680. The Balaban J connectivity index is 2.96. The van der Waals surface area contributed by atoms with Crippen molar-refractivity contribution < 1.29 is 13.9 Å². The molecule has 0 fully saturated rings. The van der Waals surface area contributed by atoms with E-state index in [1.165, 1.54) is 6.07 Å². The molecule has 1 aromatic rings. The molecule has 0 aromatic heterocycles. The summed E-state index contributed by atoms with van der Waals surface area (Å²) >= 11 is 0. The summed E-state index contributed by atoms with van der Waals surface area (Å²) in [5.74, 6) is -1.11. The van der Waals surface area contributed by atoms with Gasteiger partial charge >= 0.3 is 5.97 Å². The van der Waals surface area contributed by atoms with E-state index in [2.05, 4.69) is 0 Å². The molecule has 0 atom stereocenters. The molecule has 0 unspecified atom stereocenters. The van der Waals surface area contributed by atoms with Gasteiger partial charge in [0.05, 0.1) is 11.7 Å². The minimum Gasteiger partial charge on any atom is -0.459 e. The Morgan fingerprint density at radius 1 is 1.43 bits per heavy atom. The molecule has 1 rings (SSSR count). The number of esters is 1. The first-order valence-electron chi connectivity index (χ1n) is 4.48. The fraction of sp³-hybridized carbons (Fsp3) is 0.364. The topological polar surface area (TPSA) is 26.3 Å². The molecule has 76 valence electrons. The molecular weight excluding hydrogens is 183 g/mol. The summed E-state index contributed by atoms with van der Waals surface area (Å²) in [7, 11) is 0. The lowest BCUT2D eigenvalue weighted by atomic mass is 10.1. The van der Waals surface area contributed by atoms with Gasteiger partial charge in [0.2, 0.25) is 0 Å². The maximum atomic E-state index is 13.4. The smallest absolute Gasteiger partial charge is 0.341 e. The maximum absolute atomic E-state index is 13.4. The van der Waals surface area contributed by atoms with Gasteiger partial charge in [0.15, 0.2) is 0 Å². The number of ether oxygens (including phenoxy) is 1. The lowest BCUT2D eigenvalue weighted by Crippen LogP contribution is -2.13. The predicted octanol–water partition coefficient (Wildman–Crippen LogP) is 2.70. The Morgan fingerprint density at radius 3 is 2.64 bits per heavy atom. The third-order valence-corrected chi connectivity index (χ3v) is 1.75. The molecule has 0 aliphatic carbocycles. The Labute approximate surface area is 82.7 Å². The van der Waals surface area contributed by atoms with Crippen LogP contribution in [0.1, 0.15) is 29.8 Å². The molecule has 1 aromatic carbocycles. The number of benzene rings is 1. The number of halogens is 1. The predicted molar refractivity (Wildman–Crippen MR) is 51.7 cm³/mol. The average molecular weight is 196 g/mol. The van der Waals surface area contributed by atoms with Gasteiger partial charge in [-0.2, -0.15) is 0 Å². The molecular formula is C11H13FO2. The summed E-state index contributed by atoms with van der Waals surface area (Å²) in [4.78, 5) is 11.4. The molecule has 0 amide bonds. The van der Waals surface area contributed by atoms with Gasteiger partial charge in [0.1, 0.15) is 5.82 Å². The monoisotopic (exact) mass is 196 g/mol. The summed E-state index contributed by atoms with van der Waals surface area (Å²) in [6.45, 7) is 5.07. The van der Waals surface area contributed by atoms with Crippen LogP contribution in [-0.2, 0) is 4.74 Å². The number of aryl methyl sites for hydroxylation is 1. The van der Waals surface area contributed by atoms with Gasteiger partial charge in [-0.15, -0.1) is 0 Å². The molecule has 0 bridgehead atoms. The van der Waals surface area contributed by atoms with Gasteiger partial charge in [-0.1, -0.05) is 12.1 Å². The summed E-state index contributed by atoms with van der Waals surface area (Å²) in [5, 5.41) is 0. The molecule has 2 nitrogen and oxygen atoms in total. The van der Waals surface area contributed by atoms with Crippen LogP contribution < -0.4 is 0 Å². The molecule has 0 aliphatic rings.